The number of hydrogen-bond acceptors (Lipinski definition) is 4. The van der Waals surface area contributed by atoms with E-state index < -0.39 is 0 Å². The zero-order chi connectivity index (χ0) is 15.1. The zero-order valence-electron chi connectivity index (χ0n) is 13.6. The minimum atomic E-state index is -0.339. The summed E-state index contributed by atoms with van der Waals surface area (Å²) in [6.45, 7) is 11.2. The highest BCUT2D eigenvalue weighted by Gasteiger charge is 2.34. The van der Waals surface area contributed by atoms with Gasteiger partial charge < -0.3 is 10.0 Å². The van der Waals surface area contributed by atoms with Crippen molar-refractivity contribution in [2.45, 2.75) is 66.0 Å². The molecule has 0 radical (unpaired) electrons. The van der Waals surface area contributed by atoms with Gasteiger partial charge in [0.05, 0.1) is 16.7 Å². The van der Waals surface area contributed by atoms with E-state index in [0.29, 0.717) is 12.0 Å². The number of rotatable bonds is 4. The van der Waals surface area contributed by atoms with E-state index in [1.54, 1.807) is 11.3 Å². The summed E-state index contributed by atoms with van der Waals surface area (Å²) in [4.78, 5) is 8.16. The fourth-order valence-corrected chi connectivity index (χ4v) is 4.19. The molecule has 114 valence electrons. The van der Waals surface area contributed by atoms with E-state index in [9.17, 15) is 5.11 Å². The number of aliphatic hydroxyl groups is 1. The average molecular weight is 296 g/mol. The fourth-order valence-electron chi connectivity index (χ4n) is 3.06. The Morgan fingerprint density at radius 3 is 2.65 bits per heavy atom. The smallest absolute Gasteiger partial charge is 0.185 e. The van der Waals surface area contributed by atoms with Crippen LogP contribution >= 0.6 is 11.3 Å². The van der Waals surface area contributed by atoms with E-state index in [4.69, 9.17) is 4.98 Å². The van der Waals surface area contributed by atoms with Gasteiger partial charge in [0.2, 0.25) is 0 Å². The third kappa shape index (κ3) is 3.34. The lowest BCUT2D eigenvalue weighted by molar-refractivity contribution is 0.102. The lowest BCUT2D eigenvalue weighted by atomic mass is 9.77. The fraction of sp³-hybridized carbons (Fsp3) is 0.812. The molecule has 0 aromatic carbocycles. The molecule has 3 nitrogen and oxygen atoms in total. The highest BCUT2D eigenvalue weighted by Crippen LogP contribution is 2.44. The normalized spacial score (nSPS) is 22.7. The molecule has 0 bridgehead atoms. The Balaban J connectivity index is 2.20. The first-order valence-corrected chi connectivity index (χ1v) is 8.42. The number of aromatic nitrogens is 1. The van der Waals surface area contributed by atoms with Crippen LogP contribution in [0.15, 0.2) is 0 Å². The molecule has 0 spiro atoms. The predicted molar refractivity (Wildman–Crippen MR) is 86.5 cm³/mol. The molecule has 0 saturated heterocycles. The first-order chi connectivity index (χ1) is 9.19. The third-order valence-electron chi connectivity index (χ3n) is 4.19. The van der Waals surface area contributed by atoms with Crippen LogP contribution in [0.4, 0.5) is 5.13 Å². The van der Waals surface area contributed by atoms with Gasteiger partial charge in [0.25, 0.3) is 0 Å². The second-order valence-corrected chi connectivity index (χ2v) is 8.47. The molecule has 0 saturated carbocycles. The summed E-state index contributed by atoms with van der Waals surface area (Å²) in [5, 5.41) is 11.4. The molecule has 1 aliphatic rings. The average Bonchev–Trinajstić information content (AvgIpc) is 2.69. The molecule has 4 heteroatoms. The quantitative estimate of drug-likeness (QED) is 0.911. The van der Waals surface area contributed by atoms with Crippen molar-refractivity contribution in [2.24, 2.45) is 11.3 Å². The maximum atomic E-state index is 10.3. The molecule has 0 aliphatic heterocycles. The second-order valence-electron chi connectivity index (χ2n) is 7.46. The van der Waals surface area contributed by atoms with Crippen LogP contribution in [0.25, 0.3) is 0 Å². The number of fused-ring (bicyclic) bond motifs is 1. The molecular weight excluding hydrogens is 268 g/mol. The van der Waals surface area contributed by atoms with Crippen LogP contribution in [-0.2, 0) is 6.42 Å². The molecular formula is C16H28N2OS. The Kier molecular flexibility index (Phi) is 4.45. The Morgan fingerprint density at radius 1 is 1.40 bits per heavy atom. The third-order valence-corrected chi connectivity index (χ3v) is 5.48. The van der Waals surface area contributed by atoms with Crippen LogP contribution < -0.4 is 4.90 Å². The number of anilines is 1. The van der Waals surface area contributed by atoms with Crippen molar-refractivity contribution in [3.63, 3.8) is 0 Å². The molecule has 1 aromatic heterocycles. The molecule has 2 atom stereocenters. The van der Waals surface area contributed by atoms with Crippen molar-refractivity contribution in [1.29, 1.82) is 0 Å². The Bertz CT molecular complexity index is 467. The number of nitrogens with zero attached hydrogens (tertiary/aromatic N) is 2. The van der Waals surface area contributed by atoms with E-state index >= 15 is 0 Å². The summed E-state index contributed by atoms with van der Waals surface area (Å²) >= 11 is 1.67. The monoisotopic (exact) mass is 296 g/mol. The van der Waals surface area contributed by atoms with Gasteiger partial charge in [0.15, 0.2) is 5.13 Å². The summed E-state index contributed by atoms with van der Waals surface area (Å²) in [6, 6.07) is 0.479. The van der Waals surface area contributed by atoms with Gasteiger partial charge in [-0.05, 0) is 37.5 Å². The summed E-state index contributed by atoms with van der Waals surface area (Å²) in [5.41, 5.74) is 1.26. The van der Waals surface area contributed by atoms with Crippen molar-refractivity contribution >= 4 is 16.5 Å². The van der Waals surface area contributed by atoms with Gasteiger partial charge in [-0.2, -0.15) is 0 Å². The predicted octanol–water partition coefficient (Wildman–Crippen LogP) is 4.02. The summed E-state index contributed by atoms with van der Waals surface area (Å²) in [6.07, 6.45) is 2.64. The van der Waals surface area contributed by atoms with Gasteiger partial charge in [0, 0.05) is 13.1 Å². The van der Waals surface area contributed by atoms with Crippen LogP contribution in [0.3, 0.4) is 0 Å². The molecule has 2 unspecified atom stereocenters. The van der Waals surface area contributed by atoms with Gasteiger partial charge in [-0.25, -0.2) is 4.98 Å². The van der Waals surface area contributed by atoms with Crippen LogP contribution in [0.1, 0.15) is 64.1 Å². The van der Waals surface area contributed by atoms with Crippen molar-refractivity contribution in [3.05, 3.63) is 10.6 Å². The van der Waals surface area contributed by atoms with E-state index in [1.807, 2.05) is 0 Å². The van der Waals surface area contributed by atoms with Crippen molar-refractivity contribution in [3.8, 4) is 0 Å². The van der Waals surface area contributed by atoms with Crippen molar-refractivity contribution < 1.29 is 5.11 Å². The first kappa shape index (κ1) is 15.8. The van der Waals surface area contributed by atoms with E-state index in [2.05, 4.69) is 46.6 Å². The molecule has 20 heavy (non-hydrogen) atoms. The number of thiazole rings is 1. The van der Waals surface area contributed by atoms with Crippen LogP contribution in [0, 0.1) is 11.3 Å². The maximum absolute atomic E-state index is 10.3. The minimum absolute atomic E-state index is 0.153. The minimum Gasteiger partial charge on any atom is -0.387 e. The zero-order valence-corrected chi connectivity index (χ0v) is 14.4. The summed E-state index contributed by atoms with van der Waals surface area (Å²) in [5.74, 6) is 0.687. The summed E-state index contributed by atoms with van der Waals surface area (Å²) in [7, 11) is 2.12. The standard InChI is InChI=1S/C16H28N2OS/c1-10(2)7-11(3)18(6)15-17-12-8-16(4,5)9-13(19)14(12)20-15/h10-11,13,19H,7-9H2,1-6H3. The first-order valence-electron chi connectivity index (χ1n) is 7.60. The van der Waals surface area contributed by atoms with Crippen molar-refractivity contribution in [1.82, 2.24) is 4.98 Å². The lowest BCUT2D eigenvalue weighted by Gasteiger charge is -2.31. The molecule has 2 rings (SSSR count). The van der Waals surface area contributed by atoms with Crippen LogP contribution in [-0.4, -0.2) is 23.2 Å². The molecule has 1 aliphatic carbocycles. The van der Waals surface area contributed by atoms with E-state index in [0.717, 1.165) is 35.0 Å². The Hall–Kier alpha value is -0.610. The van der Waals surface area contributed by atoms with E-state index in [1.165, 1.54) is 0 Å². The largest absolute Gasteiger partial charge is 0.387 e. The van der Waals surface area contributed by atoms with Crippen LogP contribution in [0.5, 0.6) is 0 Å². The molecule has 0 fully saturated rings. The van der Waals surface area contributed by atoms with Gasteiger partial charge >= 0.3 is 0 Å². The SMILES string of the molecule is CC(C)CC(C)N(C)c1nc2c(s1)C(O)CC(C)(C)C2. The highest BCUT2D eigenvalue weighted by molar-refractivity contribution is 7.15. The number of aliphatic hydroxyl groups excluding tert-OH is 1. The van der Waals surface area contributed by atoms with Crippen LogP contribution in [0.2, 0.25) is 0 Å². The highest BCUT2D eigenvalue weighted by atomic mass is 32.1. The Morgan fingerprint density at radius 2 is 2.05 bits per heavy atom. The lowest BCUT2D eigenvalue weighted by Crippen LogP contribution is -2.30. The van der Waals surface area contributed by atoms with Gasteiger partial charge in [0.1, 0.15) is 0 Å². The topological polar surface area (TPSA) is 36.4 Å². The molecule has 0 amide bonds. The van der Waals surface area contributed by atoms with E-state index in [-0.39, 0.29) is 11.5 Å². The van der Waals surface area contributed by atoms with Gasteiger partial charge in [-0.3, -0.25) is 0 Å². The second kappa shape index (κ2) is 5.64. The maximum Gasteiger partial charge on any atom is 0.185 e. The van der Waals surface area contributed by atoms with Crippen molar-refractivity contribution in [2.75, 3.05) is 11.9 Å². The van der Waals surface area contributed by atoms with Gasteiger partial charge in [-0.15, -0.1) is 0 Å². The molecule has 1 heterocycles. The Labute approximate surface area is 127 Å². The molecule has 1 N–H and O–H groups in total. The molecule has 1 aromatic rings. The van der Waals surface area contributed by atoms with Gasteiger partial charge in [-0.1, -0.05) is 39.0 Å². The summed E-state index contributed by atoms with van der Waals surface area (Å²) < 4.78 is 0. The number of hydrogen-bond donors (Lipinski definition) is 1.